The van der Waals surface area contributed by atoms with Crippen LogP contribution in [0.25, 0.3) is 0 Å². The molecule has 0 rings (SSSR count). The van der Waals surface area contributed by atoms with Gasteiger partial charge in [0, 0.05) is 25.5 Å². The first-order chi connectivity index (χ1) is 5.63. The van der Waals surface area contributed by atoms with Crippen molar-refractivity contribution in [2.24, 2.45) is 0 Å². The number of carbonyl (C=O) groups is 1. The SMILES string of the molecule is CCCN(C)C(=O)N(Br)CCBr. The van der Waals surface area contributed by atoms with Gasteiger partial charge in [0.25, 0.3) is 0 Å². The number of nitrogens with zero attached hydrogens (tertiary/aromatic N) is 2. The minimum atomic E-state index is 0.0105. The molecule has 0 atom stereocenters. The normalized spacial score (nSPS) is 9.67. The lowest BCUT2D eigenvalue weighted by molar-refractivity contribution is 0.194. The van der Waals surface area contributed by atoms with Crippen LogP contribution in [-0.4, -0.2) is 40.3 Å². The molecule has 0 aliphatic heterocycles. The highest BCUT2D eigenvalue weighted by Crippen LogP contribution is 2.04. The van der Waals surface area contributed by atoms with Crippen molar-refractivity contribution in [3.8, 4) is 0 Å². The Morgan fingerprint density at radius 2 is 2.00 bits per heavy atom. The first kappa shape index (κ1) is 12.2. The molecular weight excluding hydrogens is 288 g/mol. The van der Waals surface area contributed by atoms with Crippen LogP contribution in [0.3, 0.4) is 0 Å². The fourth-order valence-corrected chi connectivity index (χ4v) is 2.06. The van der Waals surface area contributed by atoms with Crippen LogP contribution >= 0.6 is 32.1 Å². The number of halogens is 2. The molecule has 0 aliphatic rings. The Balaban J connectivity index is 3.82. The summed E-state index contributed by atoms with van der Waals surface area (Å²) in [7, 11) is 1.80. The summed E-state index contributed by atoms with van der Waals surface area (Å²) < 4.78 is 1.53. The standard InChI is InChI=1S/C7H14Br2N2O/c1-3-5-10(2)7(12)11(9)6-4-8/h3-6H2,1-2H3. The molecule has 0 aromatic heterocycles. The largest absolute Gasteiger partial charge is 0.329 e. The molecule has 0 spiro atoms. The minimum absolute atomic E-state index is 0.0105. The topological polar surface area (TPSA) is 23.6 Å². The van der Waals surface area contributed by atoms with E-state index in [1.54, 1.807) is 11.9 Å². The third-order valence-corrected chi connectivity index (χ3v) is 2.39. The molecule has 12 heavy (non-hydrogen) atoms. The van der Waals surface area contributed by atoms with E-state index < -0.39 is 0 Å². The van der Waals surface area contributed by atoms with E-state index in [4.69, 9.17) is 0 Å². The minimum Gasteiger partial charge on any atom is -0.327 e. The summed E-state index contributed by atoms with van der Waals surface area (Å²) in [5.74, 6) is 0. The third kappa shape index (κ3) is 4.30. The van der Waals surface area contributed by atoms with E-state index >= 15 is 0 Å². The van der Waals surface area contributed by atoms with Gasteiger partial charge in [0.15, 0.2) is 0 Å². The van der Waals surface area contributed by atoms with Gasteiger partial charge in [-0.2, -0.15) is 0 Å². The molecule has 0 saturated carbocycles. The summed E-state index contributed by atoms with van der Waals surface area (Å²) in [5.41, 5.74) is 0. The molecule has 0 aromatic rings. The highest BCUT2D eigenvalue weighted by atomic mass is 79.9. The molecule has 72 valence electrons. The molecule has 0 saturated heterocycles. The molecule has 0 N–H and O–H groups in total. The predicted molar refractivity (Wildman–Crippen MR) is 57.7 cm³/mol. The Kier molecular flexibility index (Phi) is 6.84. The first-order valence-electron chi connectivity index (χ1n) is 3.87. The summed E-state index contributed by atoms with van der Waals surface area (Å²) in [6.45, 7) is 3.52. The zero-order valence-electron chi connectivity index (χ0n) is 7.39. The maximum Gasteiger partial charge on any atom is 0.329 e. The molecular formula is C7H14Br2N2O. The average Bonchev–Trinajstić information content (AvgIpc) is 2.04. The Labute approximate surface area is 90.6 Å². The third-order valence-electron chi connectivity index (χ3n) is 1.37. The Bertz CT molecular complexity index is 129. The van der Waals surface area contributed by atoms with Crippen molar-refractivity contribution in [1.82, 2.24) is 8.83 Å². The second-order valence-electron chi connectivity index (χ2n) is 2.48. The van der Waals surface area contributed by atoms with E-state index in [2.05, 4.69) is 32.1 Å². The molecule has 0 aliphatic carbocycles. The number of alkyl halides is 1. The summed E-state index contributed by atoms with van der Waals surface area (Å²) in [6.07, 6.45) is 0.984. The molecule has 0 radical (unpaired) electrons. The second-order valence-corrected chi connectivity index (χ2v) is 4.13. The van der Waals surface area contributed by atoms with E-state index in [1.165, 1.54) is 3.93 Å². The smallest absolute Gasteiger partial charge is 0.327 e. The van der Waals surface area contributed by atoms with Gasteiger partial charge in [0.05, 0.1) is 16.1 Å². The number of amides is 2. The van der Waals surface area contributed by atoms with Gasteiger partial charge in [0.2, 0.25) is 0 Å². The zero-order valence-corrected chi connectivity index (χ0v) is 10.6. The van der Waals surface area contributed by atoms with Gasteiger partial charge in [-0.15, -0.1) is 0 Å². The van der Waals surface area contributed by atoms with E-state index in [0.717, 1.165) is 18.3 Å². The molecule has 3 nitrogen and oxygen atoms in total. The van der Waals surface area contributed by atoms with Gasteiger partial charge in [-0.3, -0.25) is 3.93 Å². The highest BCUT2D eigenvalue weighted by molar-refractivity contribution is 9.09. The van der Waals surface area contributed by atoms with Crippen molar-refractivity contribution in [3.05, 3.63) is 0 Å². The van der Waals surface area contributed by atoms with Crippen molar-refractivity contribution in [2.45, 2.75) is 13.3 Å². The molecule has 5 heteroatoms. The van der Waals surface area contributed by atoms with Gasteiger partial charge in [0.1, 0.15) is 0 Å². The number of hydrogen-bond acceptors (Lipinski definition) is 1. The van der Waals surface area contributed by atoms with Crippen molar-refractivity contribution in [1.29, 1.82) is 0 Å². The van der Waals surface area contributed by atoms with Crippen LogP contribution in [-0.2, 0) is 0 Å². The van der Waals surface area contributed by atoms with Crippen LogP contribution in [0.5, 0.6) is 0 Å². The molecule has 2 amide bonds. The van der Waals surface area contributed by atoms with E-state index in [-0.39, 0.29) is 6.03 Å². The summed E-state index contributed by atoms with van der Waals surface area (Å²) in [6, 6.07) is 0.0105. The fraction of sp³-hybridized carbons (Fsp3) is 0.857. The second kappa shape index (κ2) is 6.71. The van der Waals surface area contributed by atoms with Gasteiger partial charge < -0.3 is 4.90 Å². The highest BCUT2D eigenvalue weighted by Gasteiger charge is 2.13. The van der Waals surface area contributed by atoms with Gasteiger partial charge in [-0.1, -0.05) is 22.9 Å². The lowest BCUT2D eigenvalue weighted by Gasteiger charge is -2.21. The summed E-state index contributed by atoms with van der Waals surface area (Å²) in [4.78, 5) is 13.1. The summed E-state index contributed by atoms with van der Waals surface area (Å²) >= 11 is 6.45. The molecule has 0 aromatic carbocycles. The van der Waals surface area contributed by atoms with Gasteiger partial charge in [-0.25, -0.2) is 4.79 Å². The summed E-state index contributed by atoms with van der Waals surface area (Å²) in [5, 5.41) is 0.782. The average molecular weight is 302 g/mol. The van der Waals surface area contributed by atoms with E-state index in [0.29, 0.717) is 6.54 Å². The van der Waals surface area contributed by atoms with E-state index in [9.17, 15) is 4.79 Å². The van der Waals surface area contributed by atoms with Crippen LogP contribution in [0.15, 0.2) is 0 Å². The lowest BCUT2D eigenvalue weighted by atomic mass is 10.4. The van der Waals surface area contributed by atoms with Crippen molar-refractivity contribution < 1.29 is 4.79 Å². The molecule has 0 unspecified atom stereocenters. The van der Waals surface area contributed by atoms with Crippen molar-refractivity contribution in [3.63, 3.8) is 0 Å². The van der Waals surface area contributed by atoms with Crippen LogP contribution in [0.4, 0.5) is 4.79 Å². The Morgan fingerprint density at radius 1 is 1.42 bits per heavy atom. The van der Waals surface area contributed by atoms with E-state index in [1.807, 2.05) is 6.92 Å². The van der Waals surface area contributed by atoms with Gasteiger partial charge in [-0.05, 0) is 6.42 Å². The maximum atomic E-state index is 11.4. The predicted octanol–water partition coefficient (Wildman–Crippen LogP) is 2.46. The van der Waals surface area contributed by atoms with Crippen molar-refractivity contribution >= 4 is 38.1 Å². The number of rotatable bonds is 4. The van der Waals surface area contributed by atoms with Crippen LogP contribution in [0.1, 0.15) is 13.3 Å². The zero-order chi connectivity index (χ0) is 9.56. The van der Waals surface area contributed by atoms with Crippen molar-refractivity contribution in [2.75, 3.05) is 25.5 Å². The Morgan fingerprint density at radius 3 is 2.42 bits per heavy atom. The monoisotopic (exact) mass is 300 g/mol. The fourth-order valence-electron chi connectivity index (χ4n) is 0.786. The lowest BCUT2D eigenvalue weighted by Crippen LogP contribution is -2.36. The van der Waals surface area contributed by atoms with Crippen LogP contribution < -0.4 is 0 Å². The molecule has 0 heterocycles. The molecule has 0 fully saturated rings. The quantitative estimate of drug-likeness (QED) is 0.578. The van der Waals surface area contributed by atoms with Crippen LogP contribution in [0.2, 0.25) is 0 Å². The number of hydrogen-bond donors (Lipinski definition) is 0. The number of carbonyl (C=O) groups excluding carboxylic acids is 1. The molecule has 0 bridgehead atoms. The van der Waals surface area contributed by atoms with Crippen LogP contribution in [0, 0.1) is 0 Å². The maximum absolute atomic E-state index is 11.4. The first-order valence-corrected chi connectivity index (χ1v) is 5.71. The van der Waals surface area contributed by atoms with Gasteiger partial charge >= 0.3 is 6.03 Å². The Hall–Kier alpha value is 0.230. The number of urea groups is 1.